The molecule has 0 radical (unpaired) electrons. The van der Waals surface area contributed by atoms with E-state index in [1.807, 2.05) is 0 Å². The highest BCUT2D eigenvalue weighted by molar-refractivity contribution is 7.99. The minimum Gasteiger partial charge on any atom is -0.416 e. The number of imide groups is 1. The van der Waals surface area contributed by atoms with Gasteiger partial charge in [0.25, 0.3) is 5.22 Å². The summed E-state index contributed by atoms with van der Waals surface area (Å²) in [7, 11) is 1.40. The second-order valence-electron chi connectivity index (χ2n) is 8.64. The summed E-state index contributed by atoms with van der Waals surface area (Å²) in [5, 5.41) is 11.3. The Morgan fingerprint density at radius 1 is 1.30 bits per heavy atom. The summed E-state index contributed by atoms with van der Waals surface area (Å²) in [6, 6.07) is -0.382. The maximum absolute atomic E-state index is 12.3. The topological polar surface area (TPSA) is 118 Å². The van der Waals surface area contributed by atoms with Crippen molar-refractivity contribution in [3.63, 3.8) is 0 Å². The first-order valence-electron chi connectivity index (χ1n) is 10.4. The van der Waals surface area contributed by atoms with E-state index in [1.165, 1.54) is 44.5 Å². The number of aromatic nitrogens is 2. The molecular weight excluding hydrogens is 406 g/mol. The van der Waals surface area contributed by atoms with Crippen LogP contribution in [0.3, 0.4) is 0 Å². The zero-order valence-electron chi connectivity index (χ0n) is 17.5. The minimum atomic E-state index is -0.600. The standard InChI is InChI=1S/C20H27N5O4S/c1-10(14-7-12-4-5-13(14)6-12)21-16(26)9-30-20-24-23-17(29-20)8-15-11(2)22-19(28)25(3)18(15)27/h10,12-15H,4-9H2,1-3H3,(H,21,26). The summed E-state index contributed by atoms with van der Waals surface area (Å²) in [4.78, 5) is 41.1. The van der Waals surface area contributed by atoms with Gasteiger partial charge in [-0.05, 0) is 50.9 Å². The highest BCUT2D eigenvalue weighted by Gasteiger charge is 2.42. The molecule has 2 fully saturated rings. The first kappa shape index (κ1) is 21.0. The van der Waals surface area contributed by atoms with Crippen molar-refractivity contribution in [3.05, 3.63) is 5.89 Å². The summed E-state index contributed by atoms with van der Waals surface area (Å²) in [6.07, 6.45) is 5.37. The van der Waals surface area contributed by atoms with Crippen LogP contribution >= 0.6 is 11.8 Å². The molecule has 3 aliphatic rings. The average molecular weight is 434 g/mol. The lowest BCUT2D eigenvalue weighted by Crippen LogP contribution is -2.44. The van der Waals surface area contributed by atoms with Gasteiger partial charge in [-0.1, -0.05) is 18.2 Å². The largest absolute Gasteiger partial charge is 0.416 e. The van der Waals surface area contributed by atoms with Crippen molar-refractivity contribution < 1.29 is 18.8 Å². The van der Waals surface area contributed by atoms with E-state index < -0.39 is 11.9 Å². The van der Waals surface area contributed by atoms with Crippen molar-refractivity contribution in [1.82, 2.24) is 20.4 Å². The molecular formula is C20H27N5O4S. The molecule has 1 aliphatic heterocycles. The van der Waals surface area contributed by atoms with Crippen LogP contribution in [0.15, 0.2) is 14.6 Å². The van der Waals surface area contributed by atoms with Crippen LogP contribution in [-0.2, 0) is 16.0 Å². The van der Waals surface area contributed by atoms with E-state index in [-0.39, 0.29) is 41.1 Å². The lowest BCUT2D eigenvalue weighted by atomic mass is 9.84. The van der Waals surface area contributed by atoms with E-state index >= 15 is 0 Å². The predicted molar refractivity (Wildman–Crippen MR) is 110 cm³/mol. The number of aliphatic imine (C=N–C) groups is 1. The number of fused-ring (bicyclic) bond motifs is 2. The van der Waals surface area contributed by atoms with Crippen LogP contribution in [0.5, 0.6) is 0 Å². The van der Waals surface area contributed by atoms with Gasteiger partial charge in [0, 0.05) is 25.2 Å². The zero-order valence-corrected chi connectivity index (χ0v) is 18.3. The molecule has 1 aromatic heterocycles. The average Bonchev–Trinajstić information content (AvgIpc) is 3.45. The maximum Gasteiger partial charge on any atom is 0.349 e. The second kappa shape index (κ2) is 8.49. The number of rotatable bonds is 7. The van der Waals surface area contributed by atoms with Crippen LogP contribution in [-0.4, -0.2) is 57.5 Å². The van der Waals surface area contributed by atoms with E-state index in [1.54, 1.807) is 6.92 Å². The third kappa shape index (κ3) is 4.28. The van der Waals surface area contributed by atoms with Gasteiger partial charge in [0.1, 0.15) is 0 Å². The molecule has 0 aromatic carbocycles. The van der Waals surface area contributed by atoms with Crippen molar-refractivity contribution in [3.8, 4) is 0 Å². The molecule has 9 nitrogen and oxygen atoms in total. The van der Waals surface area contributed by atoms with Crippen molar-refractivity contribution in [1.29, 1.82) is 0 Å². The van der Waals surface area contributed by atoms with Crippen molar-refractivity contribution in [2.75, 3.05) is 12.8 Å². The number of carbonyl (C=O) groups excluding carboxylic acids is 3. The summed E-state index contributed by atoms with van der Waals surface area (Å²) < 4.78 is 5.59. The van der Waals surface area contributed by atoms with Gasteiger partial charge < -0.3 is 9.73 Å². The fraction of sp³-hybridized carbons (Fsp3) is 0.700. The van der Waals surface area contributed by atoms with Crippen molar-refractivity contribution in [2.45, 2.75) is 57.2 Å². The number of amides is 4. The van der Waals surface area contributed by atoms with E-state index in [0.717, 1.165) is 16.7 Å². The van der Waals surface area contributed by atoms with Crippen LogP contribution < -0.4 is 5.32 Å². The fourth-order valence-corrected chi connectivity index (χ4v) is 5.63. The summed E-state index contributed by atoms with van der Waals surface area (Å²) in [5.74, 6) is 1.71. The van der Waals surface area contributed by atoms with Gasteiger partial charge in [-0.3, -0.25) is 14.5 Å². The molecule has 162 valence electrons. The quantitative estimate of drug-likeness (QED) is 0.656. The normalized spacial score (nSPS) is 29.3. The van der Waals surface area contributed by atoms with Crippen LogP contribution in [0.4, 0.5) is 4.79 Å². The molecule has 2 saturated carbocycles. The number of urea groups is 1. The molecule has 4 rings (SSSR count). The van der Waals surface area contributed by atoms with Crippen molar-refractivity contribution >= 4 is 35.3 Å². The van der Waals surface area contributed by atoms with Crippen LogP contribution in [0.1, 0.15) is 45.4 Å². The number of hydrogen-bond acceptors (Lipinski definition) is 7. The second-order valence-corrected chi connectivity index (χ2v) is 9.56. The third-order valence-electron chi connectivity index (χ3n) is 6.67. The van der Waals surface area contributed by atoms with Gasteiger partial charge in [0.15, 0.2) is 0 Å². The highest BCUT2D eigenvalue weighted by Crippen LogP contribution is 2.49. The predicted octanol–water partition coefficient (Wildman–Crippen LogP) is 2.31. The molecule has 4 amide bonds. The first-order chi connectivity index (χ1) is 14.3. The number of nitrogens with one attached hydrogen (secondary N) is 1. The van der Waals surface area contributed by atoms with Crippen LogP contribution in [0.2, 0.25) is 0 Å². The molecule has 2 aliphatic carbocycles. The van der Waals surface area contributed by atoms with Gasteiger partial charge >= 0.3 is 6.03 Å². The van der Waals surface area contributed by atoms with Crippen molar-refractivity contribution in [2.24, 2.45) is 28.7 Å². The highest BCUT2D eigenvalue weighted by atomic mass is 32.2. The third-order valence-corrected chi connectivity index (χ3v) is 7.49. The number of carbonyl (C=O) groups is 3. The van der Waals surface area contributed by atoms with E-state index in [9.17, 15) is 14.4 Å². The molecule has 5 atom stereocenters. The summed E-state index contributed by atoms with van der Waals surface area (Å²) >= 11 is 1.18. The van der Waals surface area contributed by atoms with Gasteiger partial charge in [-0.25, -0.2) is 9.79 Å². The molecule has 1 N–H and O–H groups in total. The molecule has 2 bridgehead atoms. The Morgan fingerprint density at radius 3 is 2.80 bits per heavy atom. The Labute approximate surface area is 179 Å². The Balaban J connectivity index is 1.26. The van der Waals surface area contributed by atoms with Crippen LogP contribution in [0.25, 0.3) is 0 Å². The Hall–Kier alpha value is -2.23. The Morgan fingerprint density at radius 2 is 2.10 bits per heavy atom. The monoisotopic (exact) mass is 433 g/mol. The fourth-order valence-electron chi connectivity index (χ4n) is 5.04. The van der Waals surface area contributed by atoms with Gasteiger partial charge in [-0.2, -0.15) is 0 Å². The maximum atomic E-state index is 12.3. The molecule has 0 spiro atoms. The Bertz CT molecular complexity index is 884. The Kier molecular flexibility index (Phi) is 5.95. The summed E-state index contributed by atoms with van der Waals surface area (Å²) in [5.41, 5.74) is 0.435. The minimum absolute atomic E-state index is 0.0411. The smallest absolute Gasteiger partial charge is 0.349 e. The zero-order chi connectivity index (χ0) is 21.4. The lowest BCUT2D eigenvalue weighted by Gasteiger charge is -2.28. The van der Waals surface area contributed by atoms with Crippen LogP contribution in [0, 0.1) is 23.7 Å². The molecule has 2 heterocycles. The molecule has 30 heavy (non-hydrogen) atoms. The number of hydrogen-bond donors (Lipinski definition) is 1. The van der Waals surface area contributed by atoms with E-state index in [4.69, 9.17) is 4.42 Å². The van der Waals surface area contributed by atoms with E-state index in [0.29, 0.717) is 11.6 Å². The first-order valence-corrected chi connectivity index (χ1v) is 11.4. The lowest BCUT2D eigenvalue weighted by molar-refractivity contribution is -0.129. The SMILES string of the molecule is CC1=NC(=O)N(C)C(=O)C1Cc1nnc(SCC(=O)NC(C)C2CC3CCC2C3)o1. The molecule has 5 unspecified atom stereocenters. The molecule has 10 heteroatoms. The summed E-state index contributed by atoms with van der Waals surface area (Å²) in [6.45, 7) is 3.74. The number of thioether (sulfide) groups is 1. The molecule has 0 saturated heterocycles. The van der Waals surface area contributed by atoms with Gasteiger partial charge in [0.05, 0.1) is 11.7 Å². The van der Waals surface area contributed by atoms with Gasteiger partial charge in [-0.15, -0.1) is 10.2 Å². The number of nitrogens with zero attached hydrogens (tertiary/aromatic N) is 4. The molecule has 1 aromatic rings. The van der Waals surface area contributed by atoms with Gasteiger partial charge in [0.2, 0.25) is 17.7 Å². The van der Waals surface area contributed by atoms with E-state index in [2.05, 4.69) is 27.4 Å².